The van der Waals surface area contributed by atoms with E-state index in [-0.39, 0.29) is 19.8 Å². The van der Waals surface area contributed by atoms with Gasteiger partial charge in [0.2, 0.25) is 0 Å². The number of aliphatic carboxylic acids is 1. The molecular formula is C20H40O12. The van der Waals surface area contributed by atoms with Crippen LogP contribution in [0.5, 0.6) is 0 Å². The molecule has 0 aliphatic carbocycles. The molecule has 0 aliphatic heterocycles. The lowest BCUT2D eigenvalue weighted by atomic mass is 10.6. The number of rotatable bonds is 28. The Morgan fingerprint density at radius 2 is 0.625 bits per heavy atom. The molecule has 0 radical (unpaired) electrons. The highest BCUT2D eigenvalue weighted by Crippen LogP contribution is 1.86. The van der Waals surface area contributed by atoms with Crippen molar-refractivity contribution in [3.05, 3.63) is 0 Å². The van der Waals surface area contributed by atoms with Crippen LogP contribution in [0, 0.1) is 0 Å². The van der Waals surface area contributed by atoms with Crippen LogP contribution in [0.25, 0.3) is 0 Å². The highest BCUT2D eigenvalue weighted by Gasteiger charge is 1.97. The Balaban J connectivity index is 3.00. The minimum atomic E-state index is -0.995. The zero-order chi connectivity index (χ0) is 23.4. The number of carboxylic acid groups (broad SMARTS) is 1. The molecule has 0 spiro atoms. The van der Waals surface area contributed by atoms with Gasteiger partial charge in [0.1, 0.15) is 6.61 Å². The molecule has 0 unspecified atom stereocenters. The van der Waals surface area contributed by atoms with Gasteiger partial charge in [-0.3, -0.25) is 0 Å². The third-order valence-corrected chi connectivity index (χ3v) is 3.44. The topological polar surface area (TPSA) is 141 Å². The second-order valence-corrected chi connectivity index (χ2v) is 6.07. The van der Waals surface area contributed by atoms with Crippen LogP contribution in [-0.4, -0.2) is 142 Å². The maximum atomic E-state index is 10.2. The first-order chi connectivity index (χ1) is 15.8. The minimum absolute atomic E-state index is 0.0215. The molecule has 32 heavy (non-hydrogen) atoms. The van der Waals surface area contributed by atoms with Crippen LogP contribution < -0.4 is 0 Å². The fraction of sp³-hybridized carbons (Fsp3) is 0.950. The van der Waals surface area contributed by atoms with Crippen LogP contribution in [0.2, 0.25) is 0 Å². The van der Waals surface area contributed by atoms with Gasteiger partial charge in [-0.25, -0.2) is 4.79 Å². The third-order valence-electron chi connectivity index (χ3n) is 3.44. The predicted molar refractivity (Wildman–Crippen MR) is 112 cm³/mol. The number of aliphatic hydroxyl groups excluding tert-OH is 1. The van der Waals surface area contributed by atoms with Crippen molar-refractivity contribution >= 4 is 5.97 Å². The fourth-order valence-electron chi connectivity index (χ4n) is 1.98. The van der Waals surface area contributed by atoms with Gasteiger partial charge < -0.3 is 52.8 Å². The van der Waals surface area contributed by atoms with E-state index < -0.39 is 5.97 Å². The van der Waals surface area contributed by atoms with E-state index in [9.17, 15) is 4.79 Å². The van der Waals surface area contributed by atoms with Gasteiger partial charge in [-0.05, 0) is 0 Å². The molecule has 0 rings (SSSR count). The van der Waals surface area contributed by atoms with Crippen molar-refractivity contribution in [3.8, 4) is 0 Å². The summed E-state index contributed by atoms with van der Waals surface area (Å²) in [7, 11) is 0. The van der Waals surface area contributed by atoms with Crippen molar-refractivity contribution in [1.82, 2.24) is 0 Å². The van der Waals surface area contributed by atoms with Gasteiger partial charge >= 0.3 is 5.97 Å². The predicted octanol–water partition coefficient (Wildman–Crippen LogP) is -0.787. The molecule has 0 bridgehead atoms. The van der Waals surface area contributed by atoms with Crippen molar-refractivity contribution in [3.63, 3.8) is 0 Å². The molecule has 0 aliphatic rings. The molecule has 192 valence electrons. The van der Waals surface area contributed by atoms with Gasteiger partial charge in [0, 0.05) is 0 Å². The van der Waals surface area contributed by atoms with Crippen molar-refractivity contribution in [2.75, 3.05) is 126 Å². The van der Waals surface area contributed by atoms with E-state index in [2.05, 4.69) is 0 Å². The lowest BCUT2D eigenvalue weighted by molar-refractivity contribution is -0.142. The van der Waals surface area contributed by atoms with E-state index in [1.807, 2.05) is 0 Å². The summed E-state index contributed by atoms with van der Waals surface area (Å²) in [6.45, 7) is 7.29. The average molecular weight is 473 g/mol. The summed E-state index contributed by atoms with van der Waals surface area (Å²) in [6.07, 6.45) is 0. The summed E-state index contributed by atoms with van der Waals surface area (Å²) >= 11 is 0. The van der Waals surface area contributed by atoms with E-state index in [0.717, 1.165) is 0 Å². The molecule has 2 N–H and O–H groups in total. The van der Waals surface area contributed by atoms with Crippen LogP contribution >= 0.6 is 0 Å². The third kappa shape index (κ3) is 29.1. The summed E-state index contributed by atoms with van der Waals surface area (Å²) in [5, 5.41) is 16.9. The van der Waals surface area contributed by atoms with Crippen molar-refractivity contribution in [2.24, 2.45) is 0 Å². The molecule has 0 saturated heterocycles. The van der Waals surface area contributed by atoms with Gasteiger partial charge in [-0.15, -0.1) is 0 Å². The Morgan fingerprint density at radius 3 is 0.844 bits per heavy atom. The average Bonchev–Trinajstić information content (AvgIpc) is 2.78. The molecule has 0 aromatic carbocycles. The number of ether oxygens (including phenoxy) is 9. The van der Waals surface area contributed by atoms with E-state index in [1.165, 1.54) is 0 Å². The molecule has 0 aromatic heterocycles. The molecular weight excluding hydrogens is 432 g/mol. The van der Waals surface area contributed by atoms with Crippen LogP contribution in [0.3, 0.4) is 0 Å². The van der Waals surface area contributed by atoms with Gasteiger partial charge in [-0.1, -0.05) is 0 Å². The standard InChI is InChI=1S/C20H40O12/c21-1-2-24-3-4-25-5-6-26-7-8-27-9-10-28-11-12-29-13-14-30-15-16-31-17-18-32-19-20(22)23/h21H,1-19H2,(H,22,23). The van der Waals surface area contributed by atoms with Gasteiger partial charge in [0.15, 0.2) is 0 Å². The number of aliphatic hydroxyl groups is 1. The van der Waals surface area contributed by atoms with E-state index in [0.29, 0.717) is 106 Å². The highest BCUT2D eigenvalue weighted by atomic mass is 16.6. The summed E-state index contributed by atoms with van der Waals surface area (Å²) in [5.41, 5.74) is 0. The molecule has 0 atom stereocenters. The second-order valence-electron chi connectivity index (χ2n) is 6.07. The van der Waals surface area contributed by atoms with Crippen LogP contribution in [0.15, 0.2) is 0 Å². The number of carbonyl (C=O) groups is 1. The molecule has 0 saturated carbocycles. The quantitative estimate of drug-likeness (QED) is 0.138. The van der Waals surface area contributed by atoms with Crippen molar-refractivity contribution in [1.29, 1.82) is 0 Å². The second kappa shape index (κ2) is 28.1. The lowest BCUT2D eigenvalue weighted by Gasteiger charge is -2.08. The van der Waals surface area contributed by atoms with E-state index in [4.69, 9.17) is 52.8 Å². The van der Waals surface area contributed by atoms with E-state index in [1.54, 1.807) is 0 Å². The smallest absolute Gasteiger partial charge is 0.329 e. The van der Waals surface area contributed by atoms with Crippen molar-refractivity contribution < 1.29 is 57.6 Å². The summed E-state index contributed by atoms with van der Waals surface area (Å²) in [6, 6.07) is 0. The van der Waals surface area contributed by atoms with Crippen molar-refractivity contribution in [2.45, 2.75) is 0 Å². The van der Waals surface area contributed by atoms with Crippen LogP contribution in [0.1, 0.15) is 0 Å². The first-order valence-corrected chi connectivity index (χ1v) is 10.8. The Kier molecular flexibility index (Phi) is 27.3. The van der Waals surface area contributed by atoms with E-state index >= 15 is 0 Å². The Bertz CT molecular complexity index is 372. The summed E-state index contributed by atoms with van der Waals surface area (Å²) in [5.74, 6) is -0.995. The first-order valence-electron chi connectivity index (χ1n) is 10.8. The summed E-state index contributed by atoms with van der Waals surface area (Å²) < 4.78 is 47.2. The number of carboxylic acids is 1. The molecule has 0 aromatic rings. The summed E-state index contributed by atoms with van der Waals surface area (Å²) in [4.78, 5) is 10.2. The van der Waals surface area contributed by atoms with Gasteiger partial charge in [0.25, 0.3) is 0 Å². The Labute approximate surface area is 189 Å². The van der Waals surface area contributed by atoms with Crippen LogP contribution in [-0.2, 0) is 47.4 Å². The maximum absolute atomic E-state index is 10.2. The number of hydrogen-bond acceptors (Lipinski definition) is 11. The Morgan fingerprint density at radius 1 is 0.406 bits per heavy atom. The molecule has 0 fully saturated rings. The monoisotopic (exact) mass is 472 g/mol. The van der Waals surface area contributed by atoms with Gasteiger partial charge in [-0.2, -0.15) is 0 Å². The SMILES string of the molecule is O=C(O)COCCOCCOCCOCCOCCOCCOCCOCCOCCO. The highest BCUT2D eigenvalue weighted by molar-refractivity contribution is 5.67. The largest absolute Gasteiger partial charge is 0.480 e. The minimum Gasteiger partial charge on any atom is -0.480 e. The molecule has 12 heteroatoms. The normalized spacial score (nSPS) is 11.3. The molecule has 0 amide bonds. The zero-order valence-corrected chi connectivity index (χ0v) is 18.9. The molecule has 0 heterocycles. The Hall–Kier alpha value is -0.930. The zero-order valence-electron chi connectivity index (χ0n) is 18.9. The first kappa shape index (κ1) is 31.1. The molecule has 12 nitrogen and oxygen atoms in total. The maximum Gasteiger partial charge on any atom is 0.329 e. The fourth-order valence-corrected chi connectivity index (χ4v) is 1.98. The van der Waals surface area contributed by atoms with Crippen LogP contribution in [0.4, 0.5) is 0 Å². The number of hydrogen-bond donors (Lipinski definition) is 2. The lowest BCUT2D eigenvalue weighted by Crippen LogP contribution is -2.15. The van der Waals surface area contributed by atoms with Gasteiger partial charge in [0.05, 0.1) is 119 Å².